The summed E-state index contributed by atoms with van der Waals surface area (Å²) < 4.78 is 5.11. The number of rotatable bonds is 3. The molecule has 4 heteroatoms. The summed E-state index contributed by atoms with van der Waals surface area (Å²) >= 11 is 0. The first-order chi connectivity index (χ1) is 8.19. The minimum atomic E-state index is -0.985. The van der Waals surface area contributed by atoms with E-state index in [2.05, 4.69) is 4.98 Å². The van der Waals surface area contributed by atoms with Gasteiger partial charge in [-0.1, -0.05) is 6.07 Å². The van der Waals surface area contributed by atoms with Crippen LogP contribution in [-0.2, 0) is 4.79 Å². The van der Waals surface area contributed by atoms with Crippen molar-refractivity contribution in [2.24, 2.45) is 0 Å². The number of hydrogen-bond donors (Lipinski definition) is 1. The van der Waals surface area contributed by atoms with Crippen molar-refractivity contribution in [3.63, 3.8) is 0 Å². The topological polar surface area (TPSA) is 59.4 Å². The van der Waals surface area contributed by atoms with E-state index in [0.29, 0.717) is 5.69 Å². The maximum Gasteiger partial charge on any atom is 0.328 e. The van der Waals surface area contributed by atoms with Gasteiger partial charge in [0.15, 0.2) is 0 Å². The molecular formula is C13H11NO3. The molecule has 1 aromatic carbocycles. The van der Waals surface area contributed by atoms with Crippen LogP contribution in [0, 0.1) is 0 Å². The van der Waals surface area contributed by atoms with Gasteiger partial charge in [-0.2, -0.15) is 0 Å². The molecule has 1 N–H and O–H groups in total. The van der Waals surface area contributed by atoms with E-state index < -0.39 is 5.97 Å². The second-order valence-electron chi connectivity index (χ2n) is 3.47. The highest BCUT2D eigenvalue weighted by molar-refractivity contribution is 5.86. The Kier molecular flexibility index (Phi) is 3.05. The molecule has 0 aliphatic carbocycles. The molecule has 4 nitrogen and oxygen atoms in total. The van der Waals surface area contributed by atoms with Crippen LogP contribution < -0.4 is 4.74 Å². The Bertz CT molecular complexity index is 590. The van der Waals surface area contributed by atoms with Gasteiger partial charge in [0.25, 0.3) is 0 Å². The molecule has 0 aliphatic rings. The standard InChI is InChI=1S/C13H11NO3/c1-17-11-5-6-12-9(8-11)2-3-10(14-12)4-7-13(15)16/h2-8H,1H3,(H,15,16)/b7-4+. The quantitative estimate of drug-likeness (QED) is 0.820. The predicted octanol–water partition coefficient (Wildman–Crippen LogP) is 2.34. The van der Waals surface area contributed by atoms with Gasteiger partial charge in [0, 0.05) is 11.5 Å². The van der Waals surface area contributed by atoms with Crippen LogP contribution in [0.1, 0.15) is 5.69 Å². The molecule has 17 heavy (non-hydrogen) atoms. The third kappa shape index (κ3) is 2.60. The lowest BCUT2D eigenvalue weighted by atomic mass is 10.2. The Morgan fingerprint density at radius 1 is 1.35 bits per heavy atom. The van der Waals surface area contributed by atoms with Gasteiger partial charge in [-0.15, -0.1) is 0 Å². The average Bonchev–Trinajstić information content (AvgIpc) is 2.35. The van der Waals surface area contributed by atoms with Crippen LogP contribution >= 0.6 is 0 Å². The first-order valence-electron chi connectivity index (χ1n) is 5.05. The molecule has 0 fully saturated rings. The number of pyridine rings is 1. The number of fused-ring (bicyclic) bond motifs is 1. The number of hydrogen-bond acceptors (Lipinski definition) is 3. The fourth-order valence-corrected chi connectivity index (χ4v) is 1.50. The molecule has 0 unspecified atom stereocenters. The third-order valence-electron chi connectivity index (χ3n) is 2.31. The van der Waals surface area contributed by atoms with E-state index in [0.717, 1.165) is 22.7 Å². The number of aliphatic carboxylic acids is 1. The van der Waals surface area contributed by atoms with Crippen molar-refractivity contribution >= 4 is 22.9 Å². The van der Waals surface area contributed by atoms with E-state index in [1.807, 2.05) is 24.3 Å². The van der Waals surface area contributed by atoms with Crippen molar-refractivity contribution in [1.29, 1.82) is 0 Å². The van der Waals surface area contributed by atoms with Gasteiger partial charge in [0.1, 0.15) is 5.75 Å². The molecule has 0 saturated heterocycles. The summed E-state index contributed by atoms with van der Waals surface area (Å²) in [6.07, 6.45) is 2.53. The van der Waals surface area contributed by atoms with Crippen molar-refractivity contribution in [2.75, 3.05) is 7.11 Å². The van der Waals surface area contributed by atoms with Crippen molar-refractivity contribution in [3.05, 3.63) is 42.1 Å². The minimum Gasteiger partial charge on any atom is -0.497 e. The van der Waals surface area contributed by atoms with E-state index in [1.165, 1.54) is 6.08 Å². The summed E-state index contributed by atoms with van der Waals surface area (Å²) in [6, 6.07) is 9.19. The fourth-order valence-electron chi connectivity index (χ4n) is 1.50. The van der Waals surface area contributed by atoms with Crippen LogP contribution in [0.15, 0.2) is 36.4 Å². The molecule has 0 spiro atoms. The summed E-state index contributed by atoms with van der Waals surface area (Å²) in [5.41, 5.74) is 1.42. The van der Waals surface area contributed by atoms with E-state index in [-0.39, 0.29) is 0 Å². The minimum absolute atomic E-state index is 0.616. The first kappa shape index (κ1) is 11.1. The zero-order valence-electron chi connectivity index (χ0n) is 9.25. The number of benzene rings is 1. The smallest absolute Gasteiger partial charge is 0.328 e. The Morgan fingerprint density at radius 2 is 2.18 bits per heavy atom. The van der Waals surface area contributed by atoms with Crippen molar-refractivity contribution < 1.29 is 14.6 Å². The van der Waals surface area contributed by atoms with E-state index in [4.69, 9.17) is 9.84 Å². The molecule has 2 aromatic rings. The summed E-state index contributed by atoms with van der Waals surface area (Å²) in [6.45, 7) is 0. The van der Waals surface area contributed by atoms with Crippen LogP contribution in [-0.4, -0.2) is 23.2 Å². The summed E-state index contributed by atoms with van der Waals surface area (Å²) in [5.74, 6) is -0.213. The lowest BCUT2D eigenvalue weighted by molar-refractivity contribution is -0.131. The fraction of sp³-hybridized carbons (Fsp3) is 0.0769. The molecule has 0 amide bonds. The van der Waals surface area contributed by atoms with Gasteiger partial charge in [0.2, 0.25) is 0 Å². The monoisotopic (exact) mass is 229 g/mol. The van der Waals surface area contributed by atoms with Crippen molar-refractivity contribution in [1.82, 2.24) is 4.98 Å². The summed E-state index contributed by atoms with van der Waals surface area (Å²) in [5, 5.41) is 9.48. The lowest BCUT2D eigenvalue weighted by Gasteiger charge is -2.02. The van der Waals surface area contributed by atoms with Gasteiger partial charge in [-0.25, -0.2) is 9.78 Å². The predicted molar refractivity (Wildman–Crippen MR) is 65.0 cm³/mol. The van der Waals surface area contributed by atoms with Gasteiger partial charge in [0.05, 0.1) is 18.3 Å². The largest absolute Gasteiger partial charge is 0.497 e. The van der Waals surface area contributed by atoms with Crippen molar-refractivity contribution in [3.8, 4) is 5.75 Å². The number of carboxylic acid groups (broad SMARTS) is 1. The zero-order chi connectivity index (χ0) is 12.3. The van der Waals surface area contributed by atoms with Gasteiger partial charge in [-0.05, 0) is 30.3 Å². The second-order valence-corrected chi connectivity index (χ2v) is 3.47. The normalized spacial score (nSPS) is 10.9. The number of nitrogens with zero attached hydrogens (tertiary/aromatic N) is 1. The summed E-state index contributed by atoms with van der Waals surface area (Å²) in [7, 11) is 1.61. The molecule has 86 valence electrons. The van der Waals surface area contributed by atoms with E-state index >= 15 is 0 Å². The maximum absolute atomic E-state index is 10.4. The number of aromatic nitrogens is 1. The second kappa shape index (κ2) is 4.65. The SMILES string of the molecule is COc1ccc2nc(/C=C/C(=O)O)ccc2c1. The van der Waals surface area contributed by atoms with Crippen LogP contribution in [0.4, 0.5) is 0 Å². The Hall–Kier alpha value is -2.36. The molecule has 0 saturated carbocycles. The molecule has 0 atom stereocenters. The summed E-state index contributed by atoms with van der Waals surface area (Å²) in [4.78, 5) is 14.7. The average molecular weight is 229 g/mol. The van der Waals surface area contributed by atoms with Crippen LogP contribution in [0.25, 0.3) is 17.0 Å². The number of ether oxygens (including phenoxy) is 1. The number of methoxy groups -OCH3 is 1. The van der Waals surface area contributed by atoms with E-state index in [1.54, 1.807) is 13.2 Å². The third-order valence-corrected chi connectivity index (χ3v) is 2.31. The van der Waals surface area contributed by atoms with Crippen LogP contribution in [0.3, 0.4) is 0 Å². The maximum atomic E-state index is 10.4. The van der Waals surface area contributed by atoms with Gasteiger partial charge in [-0.3, -0.25) is 0 Å². The highest BCUT2D eigenvalue weighted by Gasteiger charge is 1.98. The van der Waals surface area contributed by atoms with Crippen LogP contribution in [0.2, 0.25) is 0 Å². The molecule has 1 heterocycles. The highest BCUT2D eigenvalue weighted by Crippen LogP contribution is 2.19. The number of carboxylic acids is 1. The molecule has 0 radical (unpaired) electrons. The van der Waals surface area contributed by atoms with E-state index in [9.17, 15) is 4.79 Å². The van der Waals surface area contributed by atoms with Crippen molar-refractivity contribution in [2.45, 2.75) is 0 Å². The molecule has 0 bridgehead atoms. The molecule has 2 rings (SSSR count). The molecular weight excluding hydrogens is 218 g/mol. The Morgan fingerprint density at radius 3 is 2.88 bits per heavy atom. The molecule has 1 aromatic heterocycles. The lowest BCUT2D eigenvalue weighted by Crippen LogP contribution is -1.88. The highest BCUT2D eigenvalue weighted by atomic mass is 16.5. The Balaban J connectivity index is 2.41. The Labute approximate surface area is 98.2 Å². The zero-order valence-corrected chi connectivity index (χ0v) is 9.25. The molecule has 0 aliphatic heterocycles. The van der Waals surface area contributed by atoms with Gasteiger partial charge < -0.3 is 9.84 Å². The van der Waals surface area contributed by atoms with Crippen LogP contribution in [0.5, 0.6) is 5.75 Å². The first-order valence-corrected chi connectivity index (χ1v) is 5.05. The van der Waals surface area contributed by atoms with Gasteiger partial charge >= 0.3 is 5.97 Å². The number of carbonyl (C=O) groups is 1.